The zero-order chi connectivity index (χ0) is 22.8. The molecule has 4 aromatic carbocycles. The Morgan fingerprint density at radius 1 is 0.788 bits per heavy atom. The number of fused-ring (bicyclic) bond motifs is 2. The molecule has 1 aliphatic heterocycles. The Bertz CT molecular complexity index is 1380. The van der Waals surface area contributed by atoms with Crippen LogP contribution in [-0.4, -0.2) is 29.0 Å². The highest BCUT2D eigenvalue weighted by Crippen LogP contribution is 2.23. The van der Waals surface area contributed by atoms with E-state index in [1.54, 1.807) is 48.5 Å². The SMILES string of the molecule is O=C(Cc1cccc2ccccc12)Oc1ccc(C=NN2C(=O)c3ccccc3C2=O)cc1. The van der Waals surface area contributed by atoms with Crippen LogP contribution in [0.25, 0.3) is 10.8 Å². The van der Waals surface area contributed by atoms with Gasteiger partial charge in [-0.05, 0) is 58.3 Å². The molecule has 6 nitrogen and oxygen atoms in total. The van der Waals surface area contributed by atoms with Gasteiger partial charge in [-0.25, -0.2) is 0 Å². The van der Waals surface area contributed by atoms with Gasteiger partial charge in [-0.2, -0.15) is 10.1 Å². The van der Waals surface area contributed by atoms with Crippen molar-refractivity contribution in [2.75, 3.05) is 0 Å². The largest absolute Gasteiger partial charge is 0.426 e. The summed E-state index contributed by atoms with van der Waals surface area (Å²) in [6.07, 6.45) is 1.58. The number of ether oxygens (including phenoxy) is 1. The fraction of sp³-hybridized carbons (Fsp3) is 0.0370. The number of hydrogen-bond donors (Lipinski definition) is 0. The van der Waals surface area contributed by atoms with E-state index < -0.39 is 11.8 Å². The van der Waals surface area contributed by atoms with E-state index in [1.807, 2.05) is 42.5 Å². The maximum absolute atomic E-state index is 12.5. The summed E-state index contributed by atoms with van der Waals surface area (Å²) in [5.41, 5.74) is 2.24. The summed E-state index contributed by atoms with van der Waals surface area (Å²) < 4.78 is 5.47. The Morgan fingerprint density at radius 2 is 1.42 bits per heavy atom. The lowest BCUT2D eigenvalue weighted by Crippen LogP contribution is -2.23. The van der Waals surface area contributed by atoms with Gasteiger partial charge in [-0.3, -0.25) is 14.4 Å². The Balaban J connectivity index is 1.24. The maximum atomic E-state index is 12.5. The van der Waals surface area contributed by atoms with Crippen molar-refractivity contribution in [2.45, 2.75) is 6.42 Å². The highest BCUT2D eigenvalue weighted by Gasteiger charge is 2.35. The standard InChI is InChI=1S/C27H18N2O4/c30-25(16-20-8-5-7-19-6-1-2-9-22(19)20)33-21-14-12-18(13-15-21)17-28-29-26(31)23-10-3-4-11-24(23)27(29)32/h1-15,17H,16H2. The number of hydrazone groups is 1. The van der Waals surface area contributed by atoms with Crippen LogP contribution in [0.3, 0.4) is 0 Å². The highest BCUT2D eigenvalue weighted by molar-refractivity contribution is 6.21. The quantitative estimate of drug-likeness (QED) is 0.199. The second kappa shape index (κ2) is 8.51. The van der Waals surface area contributed by atoms with E-state index in [0.29, 0.717) is 22.4 Å². The van der Waals surface area contributed by atoms with Crippen LogP contribution >= 0.6 is 0 Å². The van der Waals surface area contributed by atoms with Crippen LogP contribution in [0.5, 0.6) is 5.75 Å². The summed E-state index contributed by atoms with van der Waals surface area (Å²) >= 11 is 0. The lowest BCUT2D eigenvalue weighted by atomic mass is 10.0. The molecule has 0 fully saturated rings. The molecule has 0 N–H and O–H groups in total. The van der Waals surface area contributed by atoms with Gasteiger partial charge in [0.25, 0.3) is 11.8 Å². The lowest BCUT2D eigenvalue weighted by Gasteiger charge is -2.08. The van der Waals surface area contributed by atoms with Crippen LogP contribution in [0.4, 0.5) is 0 Å². The molecule has 0 bridgehead atoms. The van der Waals surface area contributed by atoms with Gasteiger partial charge in [0.15, 0.2) is 0 Å². The number of hydrogen-bond acceptors (Lipinski definition) is 5. The number of carbonyl (C=O) groups is 3. The predicted molar refractivity (Wildman–Crippen MR) is 124 cm³/mol. The Labute approximate surface area is 189 Å². The van der Waals surface area contributed by atoms with Crippen molar-refractivity contribution < 1.29 is 19.1 Å². The van der Waals surface area contributed by atoms with Crippen LogP contribution in [-0.2, 0) is 11.2 Å². The second-order valence-corrected chi connectivity index (χ2v) is 7.57. The summed E-state index contributed by atoms with van der Waals surface area (Å²) in [5, 5.41) is 7.00. The van der Waals surface area contributed by atoms with Gasteiger partial charge in [-0.15, -0.1) is 0 Å². The number of esters is 1. The Kier molecular flexibility index (Phi) is 5.24. The molecule has 0 saturated heterocycles. The first-order valence-corrected chi connectivity index (χ1v) is 10.4. The minimum atomic E-state index is -0.453. The molecule has 33 heavy (non-hydrogen) atoms. The zero-order valence-electron chi connectivity index (χ0n) is 17.5. The van der Waals surface area contributed by atoms with Crippen LogP contribution in [0.15, 0.2) is 96.1 Å². The molecule has 5 rings (SSSR count). The van der Waals surface area contributed by atoms with E-state index in [1.165, 1.54) is 6.21 Å². The lowest BCUT2D eigenvalue weighted by molar-refractivity contribution is -0.133. The van der Waals surface area contributed by atoms with Crippen molar-refractivity contribution in [2.24, 2.45) is 5.10 Å². The summed E-state index contributed by atoms with van der Waals surface area (Å²) in [5.74, 6) is -0.867. The van der Waals surface area contributed by atoms with E-state index in [4.69, 9.17) is 4.74 Å². The number of amides is 2. The fourth-order valence-corrected chi connectivity index (χ4v) is 3.80. The van der Waals surface area contributed by atoms with E-state index in [9.17, 15) is 14.4 Å². The molecule has 4 aromatic rings. The molecule has 0 unspecified atom stereocenters. The molecule has 2 amide bonds. The van der Waals surface area contributed by atoms with Crippen molar-refractivity contribution in [3.8, 4) is 5.75 Å². The molecular weight excluding hydrogens is 416 g/mol. The first kappa shape index (κ1) is 20.3. The normalized spacial score (nSPS) is 13.0. The van der Waals surface area contributed by atoms with E-state index >= 15 is 0 Å². The Morgan fingerprint density at radius 3 is 2.15 bits per heavy atom. The van der Waals surface area contributed by atoms with Gasteiger partial charge in [0.05, 0.1) is 23.8 Å². The molecular formula is C27H18N2O4. The molecule has 1 aliphatic rings. The first-order valence-electron chi connectivity index (χ1n) is 10.4. The molecule has 0 aromatic heterocycles. The van der Waals surface area contributed by atoms with Gasteiger partial charge in [0, 0.05) is 0 Å². The number of benzene rings is 4. The van der Waals surface area contributed by atoms with Gasteiger partial charge in [0.2, 0.25) is 0 Å². The average Bonchev–Trinajstić information content (AvgIpc) is 3.08. The molecule has 0 aliphatic carbocycles. The van der Waals surface area contributed by atoms with Crippen molar-refractivity contribution in [3.05, 3.63) is 113 Å². The minimum Gasteiger partial charge on any atom is -0.426 e. The summed E-state index contributed by atoms with van der Waals surface area (Å²) in [4.78, 5) is 37.2. The molecule has 0 spiro atoms. The van der Waals surface area contributed by atoms with Crippen LogP contribution in [0.2, 0.25) is 0 Å². The molecule has 0 atom stereocenters. The van der Waals surface area contributed by atoms with Crippen LogP contribution in [0.1, 0.15) is 31.8 Å². The summed E-state index contributed by atoms with van der Waals surface area (Å²) in [6, 6.07) is 27.0. The molecule has 1 heterocycles. The molecule has 160 valence electrons. The number of nitrogens with zero attached hydrogens (tertiary/aromatic N) is 2. The highest BCUT2D eigenvalue weighted by atomic mass is 16.5. The van der Waals surface area contributed by atoms with Crippen molar-refractivity contribution in [1.29, 1.82) is 0 Å². The third-order valence-corrected chi connectivity index (χ3v) is 5.42. The second-order valence-electron chi connectivity index (χ2n) is 7.57. The average molecular weight is 434 g/mol. The fourth-order valence-electron chi connectivity index (χ4n) is 3.80. The van der Waals surface area contributed by atoms with Gasteiger partial charge in [-0.1, -0.05) is 54.6 Å². The van der Waals surface area contributed by atoms with E-state index in [2.05, 4.69) is 5.10 Å². The topological polar surface area (TPSA) is 76.0 Å². The zero-order valence-corrected chi connectivity index (χ0v) is 17.5. The van der Waals surface area contributed by atoms with Crippen LogP contribution in [0, 0.1) is 0 Å². The van der Waals surface area contributed by atoms with E-state index in [-0.39, 0.29) is 12.4 Å². The monoisotopic (exact) mass is 434 g/mol. The smallest absolute Gasteiger partial charge is 0.315 e. The third kappa shape index (κ3) is 4.02. The first-order chi connectivity index (χ1) is 16.1. The minimum absolute atomic E-state index is 0.157. The number of imide groups is 1. The van der Waals surface area contributed by atoms with Gasteiger partial charge >= 0.3 is 5.97 Å². The maximum Gasteiger partial charge on any atom is 0.315 e. The molecule has 0 radical (unpaired) electrons. The summed E-state index contributed by atoms with van der Waals surface area (Å²) in [7, 11) is 0. The van der Waals surface area contributed by atoms with Crippen LogP contribution < -0.4 is 4.74 Å². The van der Waals surface area contributed by atoms with E-state index in [0.717, 1.165) is 21.3 Å². The number of carbonyl (C=O) groups excluding carboxylic acids is 3. The van der Waals surface area contributed by atoms with Gasteiger partial charge < -0.3 is 4.74 Å². The Hall–Kier alpha value is -4.58. The molecule has 0 saturated carbocycles. The number of rotatable bonds is 5. The molecule has 6 heteroatoms. The predicted octanol–water partition coefficient (Wildman–Crippen LogP) is 4.62. The van der Waals surface area contributed by atoms with Crippen molar-refractivity contribution in [3.63, 3.8) is 0 Å². The third-order valence-electron chi connectivity index (χ3n) is 5.42. The van der Waals surface area contributed by atoms with Crippen molar-refractivity contribution in [1.82, 2.24) is 5.01 Å². The summed E-state index contributed by atoms with van der Waals surface area (Å²) in [6.45, 7) is 0. The van der Waals surface area contributed by atoms with Gasteiger partial charge in [0.1, 0.15) is 5.75 Å². The van der Waals surface area contributed by atoms with Crippen molar-refractivity contribution >= 4 is 34.8 Å².